The number of rotatable bonds is 4. The lowest BCUT2D eigenvalue weighted by atomic mass is 10.1. The van der Waals surface area contributed by atoms with Crippen LogP contribution < -0.4 is 10.5 Å². The van der Waals surface area contributed by atoms with Gasteiger partial charge in [0.25, 0.3) is 0 Å². The Labute approximate surface area is 112 Å². The molecule has 1 heterocycles. The van der Waals surface area contributed by atoms with Crippen molar-refractivity contribution in [1.82, 2.24) is 4.98 Å². The fourth-order valence-electron chi connectivity index (χ4n) is 1.90. The molecule has 0 radical (unpaired) electrons. The lowest BCUT2D eigenvalue weighted by molar-refractivity contribution is 0.340. The summed E-state index contributed by atoms with van der Waals surface area (Å²) in [5, 5.41) is 7.45. The van der Waals surface area contributed by atoms with Crippen LogP contribution in [-0.2, 0) is 0 Å². The second-order valence-electron chi connectivity index (χ2n) is 4.20. The molecule has 0 spiro atoms. The molecular weight excluding hydrogens is 238 g/mol. The van der Waals surface area contributed by atoms with Gasteiger partial charge in [0.2, 0.25) is 0 Å². The molecule has 0 atom stereocenters. The summed E-state index contributed by atoms with van der Waals surface area (Å²) in [5.41, 5.74) is 8.80. The molecule has 1 aromatic carbocycles. The van der Waals surface area contributed by atoms with Crippen molar-refractivity contribution in [2.45, 2.75) is 13.8 Å². The number of nitrogen functional groups attached to an aromatic ring is 1. The fourth-order valence-corrected chi connectivity index (χ4v) is 1.90. The van der Waals surface area contributed by atoms with Crippen LogP contribution in [0.5, 0.6) is 5.75 Å². The van der Waals surface area contributed by atoms with Crippen LogP contribution in [0.1, 0.15) is 18.2 Å². The molecular formula is C15H17N3O. The Morgan fingerprint density at radius 1 is 1.21 bits per heavy atom. The molecule has 2 aromatic rings. The number of pyridine rings is 1. The second kappa shape index (κ2) is 5.52. The van der Waals surface area contributed by atoms with Gasteiger partial charge < -0.3 is 10.5 Å². The lowest BCUT2D eigenvalue weighted by Gasteiger charge is -2.08. The number of nitrogens with two attached hydrogens (primary N) is 1. The molecule has 0 aliphatic rings. The minimum absolute atomic E-state index is 0.0447. The summed E-state index contributed by atoms with van der Waals surface area (Å²) in [4.78, 5) is 4.48. The highest BCUT2D eigenvalue weighted by Crippen LogP contribution is 2.22. The van der Waals surface area contributed by atoms with Crippen molar-refractivity contribution < 1.29 is 4.74 Å². The van der Waals surface area contributed by atoms with E-state index >= 15 is 0 Å². The molecule has 98 valence electrons. The Morgan fingerprint density at radius 3 is 2.42 bits per heavy atom. The van der Waals surface area contributed by atoms with Gasteiger partial charge in [-0.2, -0.15) is 0 Å². The maximum atomic E-state index is 7.45. The predicted octanol–water partition coefficient (Wildman–Crippen LogP) is 2.74. The third-order valence-corrected chi connectivity index (χ3v) is 2.84. The van der Waals surface area contributed by atoms with Gasteiger partial charge in [-0.1, -0.05) is 0 Å². The summed E-state index contributed by atoms with van der Waals surface area (Å²) in [7, 11) is 0. The van der Waals surface area contributed by atoms with Crippen LogP contribution in [0, 0.1) is 12.3 Å². The maximum absolute atomic E-state index is 7.45. The Morgan fingerprint density at radius 2 is 1.89 bits per heavy atom. The van der Waals surface area contributed by atoms with E-state index in [-0.39, 0.29) is 5.84 Å². The first-order chi connectivity index (χ1) is 9.11. The third-order valence-electron chi connectivity index (χ3n) is 2.84. The highest BCUT2D eigenvalue weighted by atomic mass is 16.5. The number of benzene rings is 1. The van der Waals surface area contributed by atoms with Crippen LogP contribution >= 0.6 is 0 Å². The molecule has 0 aliphatic heterocycles. The third kappa shape index (κ3) is 2.91. The molecule has 0 unspecified atom stereocenters. The van der Waals surface area contributed by atoms with E-state index in [0.717, 1.165) is 22.7 Å². The van der Waals surface area contributed by atoms with Crippen molar-refractivity contribution >= 4 is 5.84 Å². The van der Waals surface area contributed by atoms with Gasteiger partial charge in [0.05, 0.1) is 12.3 Å². The molecule has 0 bridgehead atoms. The Kier molecular flexibility index (Phi) is 3.80. The zero-order valence-corrected chi connectivity index (χ0v) is 11.1. The zero-order chi connectivity index (χ0) is 13.8. The number of aryl methyl sites for hydroxylation is 1. The van der Waals surface area contributed by atoms with Gasteiger partial charge in [-0.3, -0.25) is 10.4 Å². The molecule has 0 saturated carbocycles. The standard InChI is InChI=1S/C15H17N3O/c1-3-19-12-6-4-11(5-7-12)14-9-8-13(15(16)17)10(2)18-14/h4-9H,3H2,1-2H3,(H3,16,17). The number of hydrogen-bond acceptors (Lipinski definition) is 3. The van der Waals surface area contributed by atoms with Gasteiger partial charge in [-0.25, -0.2) is 0 Å². The Balaban J connectivity index is 2.31. The predicted molar refractivity (Wildman–Crippen MR) is 76.6 cm³/mol. The van der Waals surface area contributed by atoms with Crippen LogP contribution in [0.4, 0.5) is 0 Å². The van der Waals surface area contributed by atoms with Gasteiger partial charge in [0, 0.05) is 16.8 Å². The van der Waals surface area contributed by atoms with Crippen molar-refractivity contribution in [2.24, 2.45) is 5.73 Å². The van der Waals surface area contributed by atoms with Crippen LogP contribution in [-0.4, -0.2) is 17.4 Å². The van der Waals surface area contributed by atoms with Gasteiger partial charge >= 0.3 is 0 Å². The zero-order valence-electron chi connectivity index (χ0n) is 11.1. The van der Waals surface area contributed by atoms with Gasteiger partial charge in [0.1, 0.15) is 11.6 Å². The van der Waals surface area contributed by atoms with E-state index in [0.29, 0.717) is 12.2 Å². The molecule has 1 aromatic heterocycles. The molecule has 0 fully saturated rings. The van der Waals surface area contributed by atoms with Crippen molar-refractivity contribution in [3.63, 3.8) is 0 Å². The van der Waals surface area contributed by atoms with E-state index in [4.69, 9.17) is 15.9 Å². The number of nitrogens with one attached hydrogen (secondary N) is 1. The first-order valence-corrected chi connectivity index (χ1v) is 6.17. The SMILES string of the molecule is CCOc1ccc(-c2ccc(C(=N)N)c(C)n2)cc1. The van der Waals surface area contributed by atoms with E-state index in [2.05, 4.69) is 4.98 Å². The van der Waals surface area contributed by atoms with Crippen molar-refractivity contribution in [3.8, 4) is 17.0 Å². The molecule has 0 saturated heterocycles. The van der Waals surface area contributed by atoms with Gasteiger partial charge in [0.15, 0.2) is 0 Å². The van der Waals surface area contributed by atoms with Crippen LogP contribution in [0.2, 0.25) is 0 Å². The smallest absolute Gasteiger partial charge is 0.124 e. The normalized spacial score (nSPS) is 10.2. The molecule has 4 heteroatoms. The molecule has 2 rings (SSSR count). The first kappa shape index (κ1) is 13.1. The maximum Gasteiger partial charge on any atom is 0.124 e. The van der Waals surface area contributed by atoms with Crippen molar-refractivity contribution in [3.05, 3.63) is 47.7 Å². The fraction of sp³-hybridized carbons (Fsp3) is 0.200. The number of hydrogen-bond donors (Lipinski definition) is 2. The molecule has 0 amide bonds. The van der Waals surface area contributed by atoms with E-state index in [1.165, 1.54) is 0 Å². The summed E-state index contributed by atoms with van der Waals surface area (Å²) in [6, 6.07) is 11.5. The van der Waals surface area contributed by atoms with E-state index in [9.17, 15) is 0 Å². The quantitative estimate of drug-likeness (QED) is 0.651. The summed E-state index contributed by atoms with van der Waals surface area (Å²) in [6.07, 6.45) is 0. The topological polar surface area (TPSA) is 72.0 Å². The van der Waals surface area contributed by atoms with Crippen LogP contribution in [0.25, 0.3) is 11.3 Å². The van der Waals surface area contributed by atoms with E-state index in [1.807, 2.05) is 50.2 Å². The average molecular weight is 255 g/mol. The second-order valence-corrected chi connectivity index (χ2v) is 4.20. The monoisotopic (exact) mass is 255 g/mol. The summed E-state index contributed by atoms with van der Waals surface area (Å²) >= 11 is 0. The lowest BCUT2D eigenvalue weighted by Crippen LogP contribution is -2.13. The Bertz CT molecular complexity index is 591. The van der Waals surface area contributed by atoms with Crippen LogP contribution in [0.3, 0.4) is 0 Å². The number of aromatic nitrogens is 1. The van der Waals surface area contributed by atoms with Gasteiger partial charge in [-0.05, 0) is 50.2 Å². The number of nitrogens with zero attached hydrogens (tertiary/aromatic N) is 1. The average Bonchev–Trinajstić information content (AvgIpc) is 2.39. The number of amidine groups is 1. The highest BCUT2D eigenvalue weighted by Gasteiger charge is 2.06. The molecule has 3 N–H and O–H groups in total. The Hall–Kier alpha value is -2.36. The van der Waals surface area contributed by atoms with Crippen LogP contribution in [0.15, 0.2) is 36.4 Å². The summed E-state index contributed by atoms with van der Waals surface area (Å²) in [6.45, 7) is 4.47. The molecule has 19 heavy (non-hydrogen) atoms. The first-order valence-electron chi connectivity index (χ1n) is 6.17. The molecule has 4 nitrogen and oxygen atoms in total. The number of ether oxygens (including phenoxy) is 1. The summed E-state index contributed by atoms with van der Waals surface area (Å²) in [5.74, 6) is 0.895. The van der Waals surface area contributed by atoms with Crippen molar-refractivity contribution in [1.29, 1.82) is 5.41 Å². The van der Waals surface area contributed by atoms with Gasteiger partial charge in [-0.15, -0.1) is 0 Å². The van der Waals surface area contributed by atoms with E-state index < -0.39 is 0 Å². The van der Waals surface area contributed by atoms with Crippen molar-refractivity contribution in [2.75, 3.05) is 6.61 Å². The molecule has 0 aliphatic carbocycles. The minimum atomic E-state index is 0.0447. The minimum Gasteiger partial charge on any atom is -0.494 e. The largest absolute Gasteiger partial charge is 0.494 e. The summed E-state index contributed by atoms with van der Waals surface area (Å²) < 4.78 is 5.41. The highest BCUT2D eigenvalue weighted by molar-refractivity contribution is 5.96. The van der Waals surface area contributed by atoms with E-state index in [1.54, 1.807) is 0 Å².